The first-order chi connectivity index (χ1) is 7.67. The van der Waals surface area contributed by atoms with Crippen LogP contribution in [0.15, 0.2) is 18.2 Å². The fraction of sp³-hybridized carbons (Fsp3) is 0.364. The maximum atomic E-state index is 13.3. The van der Waals surface area contributed by atoms with E-state index in [9.17, 15) is 9.18 Å². The van der Waals surface area contributed by atoms with Gasteiger partial charge in [-0.05, 0) is 17.7 Å². The molecule has 0 saturated heterocycles. The van der Waals surface area contributed by atoms with Gasteiger partial charge in [0.1, 0.15) is 0 Å². The van der Waals surface area contributed by atoms with Crippen molar-refractivity contribution in [3.63, 3.8) is 0 Å². The molecule has 0 aliphatic carbocycles. The summed E-state index contributed by atoms with van der Waals surface area (Å²) >= 11 is 1.44. The largest absolute Gasteiger partial charge is 0.494 e. The van der Waals surface area contributed by atoms with E-state index in [2.05, 4.69) is 5.32 Å². The zero-order valence-corrected chi connectivity index (χ0v) is 10.1. The van der Waals surface area contributed by atoms with E-state index in [0.717, 1.165) is 5.56 Å². The Morgan fingerprint density at radius 1 is 1.56 bits per heavy atom. The number of halogens is 1. The summed E-state index contributed by atoms with van der Waals surface area (Å²) in [7, 11) is 3.02. The second-order valence-corrected chi connectivity index (χ2v) is 4.12. The first kappa shape index (κ1) is 12.8. The third-order valence-corrected chi connectivity index (χ3v) is 3.00. The average molecular weight is 243 g/mol. The standard InChI is InChI=1S/C11H14FNO2S/c1-13-11(14)7-16-6-8-3-4-10(15-2)9(12)5-8/h3-5H,6-7H2,1-2H3,(H,13,14). The molecule has 0 heterocycles. The molecule has 0 spiro atoms. The molecule has 5 heteroatoms. The van der Waals surface area contributed by atoms with Crippen LogP contribution < -0.4 is 10.1 Å². The van der Waals surface area contributed by atoms with Crippen molar-refractivity contribution in [3.05, 3.63) is 29.6 Å². The van der Waals surface area contributed by atoms with Gasteiger partial charge in [0.05, 0.1) is 12.9 Å². The summed E-state index contributed by atoms with van der Waals surface area (Å²) in [6.45, 7) is 0. The fourth-order valence-electron chi connectivity index (χ4n) is 1.13. The van der Waals surface area contributed by atoms with Crippen LogP contribution in [0, 0.1) is 5.82 Å². The minimum absolute atomic E-state index is 0.0287. The van der Waals surface area contributed by atoms with E-state index in [-0.39, 0.29) is 17.5 Å². The molecule has 3 nitrogen and oxygen atoms in total. The van der Waals surface area contributed by atoms with E-state index in [1.165, 1.54) is 24.9 Å². The smallest absolute Gasteiger partial charge is 0.229 e. The zero-order valence-electron chi connectivity index (χ0n) is 9.25. The number of ether oxygens (including phenoxy) is 1. The lowest BCUT2D eigenvalue weighted by Gasteiger charge is -2.05. The van der Waals surface area contributed by atoms with Gasteiger partial charge in [0.15, 0.2) is 11.6 Å². The Kier molecular flexibility index (Phi) is 5.11. The number of hydrogen-bond donors (Lipinski definition) is 1. The van der Waals surface area contributed by atoms with Gasteiger partial charge in [-0.2, -0.15) is 0 Å². The summed E-state index contributed by atoms with van der Waals surface area (Å²) in [5, 5.41) is 2.53. The third kappa shape index (κ3) is 3.73. The molecule has 1 aromatic carbocycles. The van der Waals surface area contributed by atoms with Crippen molar-refractivity contribution in [2.24, 2.45) is 0 Å². The van der Waals surface area contributed by atoms with Crippen LogP contribution >= 0.6 is 11.8 Å². The fourth-order valence-corrected chi connectivity index (χ4v) is 1.98. The van der Waals surface area contributed by atoms with Crippen molar-refractivity contribution in [1.82, 2.24) is 5.32 Å². The van der Waals surface area contributed by atoms with E-state index in [1.807, 2.05) is 0 Å². The van der Waals surface area contributed by atoms with Gasteiger partial charge in [0.2, 0.25) is 5.91 Å². The molecule has 0 bridgehead atoms. The van der Waals surface area contributed by atoms with Gasteiger partial charge >= 0.3 is 0 Å². The first-order valence-electron chi connectivity index (χ1n) is 4.78. The number of methoxy groups -OCH3 is 1. The highest BCUT2D eigenvalue weighted by Crippen LogP contribution is 2.20. The van der Waals surface area contributed by atoms with Crippen molar-refractivity contribution in [2.45, 2.75) is 5.75 Å². The quantitative estimate of drug-likeness (QED) is 0.857. The molecule has 0 radical (unpaired) electrons. The van der Waals surface area contributed by atoms with Gasteiger partial charge in [-0.15, -0.1) is 11.8 Å². The first-order valence-corrected chi connectivity index (χ1v) is 5.93. The van der Waals surface area contributed by atoms with Crippen LogP contribution in [0.2, 0.25) is 0 Å². The predicted octanol–water partition coefficient (Wildman–Crippen LogP) is 1.81. The number of carbonyl (C=O) groups is 1. The lowest BCUT2D eigenvalue weighted by atomic mass is 10.2. The van der Waals surface area contributed by atoms with E-state index in [1.54, 1.807) is 19.2 Å². The summed E-state index contributed by atoms with van der Waals surface area (Å²) in [5.41, 5.74) is 0.840. The molecule has 88 valence electrons. The van der Waals surface area contributed by atoms with Crippen LogP contribution in [0.4, 0.5) is 4.39 Å². The lowest BCUT2D eigenvalue weighted by molar-refractivity contribution is -0.118. The van der Waals surface area contributed by atoms with Crippen molar-refractivity contribution < 1.29 is 13.9 Å². The minimum Gasteiger partial charge on any atom is -0.494 e. The van der Waals surface area contributed by atoms with Crippen molar-refractivity contribution in [1.29, 1.82) is 0 Å². The van der Waals surface area contributed by atoms with Gasteiger partial charge in [-0.25, -0.2) is 4.39 Å². The maximum Gasteiger partial charge on any atom is 0.229 e. The Balaban J connectivity index is 2.49. The van der Waals surface area contributed by atoms with Crippen LogP contribution in [-0.4, -0.2) is 25.8 Å². The summed E-state index contributed by atoms with van der Waals surface area (Å²) in [6, 6.07) is 4.81. The summed E-state index contributed by atoms with van der Waals surface area (Å²) in [5.74, 6) is 0.818. The molecular weight excluding hydrogens is 229 g/mol. The highest BCUT2D eigenvalue weighted by atomic mass is 32.2. The molecule has 0 aliphatic rings. The van der Waals surface area contributed by atoms with E-state index in [4.69, 9.17) is 4.74 Å². The van der Waals surface area contributed by atoms with Crippen LogP contribution in [0.1, 0.15) is 5.56 Å². The van der Waals surface area contributed by atoms with E-state index in [0.29, 0.717) is 11.5 Å². The molecule has 0 aromatic heterocycles. The molecule has 0 atom stereocenters. The Bertz CT molecular complexity index is 371. The predicted molar refractivity (Wildman–Crippen MR) is 63.2 cm³/mol. The average Bonchev–Trinajstić information content (AvgIpc) is 2.29. The number of nitrogens with one attached hydrogen (secondary N) is 1. The Morgan fingerprint density at radius 3 is 2.88 bits per heavy atom. The summed E-state index contributed by atoms with van der Waals surface area (Å²) < 4.78 is 18.1. The van der Waals surface area contributed by atoms with Gasteiger partial charge < -0.3 is 10.1 Å². The number of amides is 1. The maximum absolute atomic E-state index is 13.3. The van der Waals surface area contributed by atoms with Crippen molar-refractivity contribution in [2.75, 3.05) is 19.9 Å². The highest BCUT2D eigenvalue weighted by molar-refractivity contribution is 7.99. The van der Waals surface area contributed by atoms with Crippen LogP contribution in [0.25, 0.3) is 0 Å². The molecule has 0 saturated carbocycles. The van der Waals surface area contributed by atoms with Crippen LogP contribution in [0.5, 0.6) is 5.75 Å². The topological polar surface area (TPSA) is 38.3 Å². The summed E-state index contributed by atoms with van der Waals surface area (Å²) in [4.78, 5) is 10.9. The van der Waals surface area contributed by atoms with Gasteiger partial charge in [0, 0.05) is 12.8 Å². The van der Waals surface area contributed by atoms with Crippen LogP contribution in [-0.2, 0) is 10.5 Å². The lowest BCUT2D eigenvalue weighted by Crippen LogP contribution is -2.19. The number of carbonyl (C=O) groups excluding carboxylic acids is 1. The molecular formula is C11H14FNO2S. The minimum atomic E-state index is -0.374. The molecule has 1 amide bonds. The highest BCUT2D eigenvalue weighted by Gasteiger charge is 2.04. The number of thioether (sulfide) groups is 1. The van der Waals surface area contributed by atoms with Crippen molar-refractivity contribution >= 4 is 17.7 Å². The molecule has 16 heavy (non-hydrogen) atoms. The second-order valence-electron chi connectivity index (χ2n) is 3.13. The van der Waals surface area contributed by atoms with E-state index < -0.39 is 0 Å². The normalized spacial score (nSPS) is 9.94. The molecule has 0 fully saturated rings. The van der Waals surface area contributed by atoms with Gasteiger partial charge in [0.25, 0.3) is 0 Å². The van der Waals surface area contributed by atoms with Gasteiger partial charge in [-0.1, -0.05) is 6.07 Å². The Morgan fingerprint density at radius 2 is 2.31 bits per heavy atom. The second kappa shape index (κ2) is 6.37. The van der Waals surface area contributed by atoms with E-state index >= 15 is 0 Å². The molecule has 0 unspecified atom stereocenters. The van der Waals surface area contributed by atoms with Crippen LogP contribution in [0.3, 0.4) is 0 Å². The molecule has 0 aliphatic heterocycles. The molecule has 1 rings (SSSR count). The molecule has 1 N–H and O–H groups in total. The third-order valence-electron chi connectivity index (χ3n) is 2.00. The summed E-state index contributed by atoms with van der Waals surface area (Å²) in [6.07, 6.45) is 0. The Hall–Kier alpha value is -1.23. The number of benzene rings is 1. The van der Waals surface area contributed by atoms with Gasteiger partial charge in [-0.3, -0.25) is 4.79 Å². The Labute approximate surface area is 98.4 Å². The SMILES string of the molecule is CNC(=O)CSCc1ccc(OC)c(F)c1. The molecule has 1 aromatic rings. The van der Waals surface area contributed by atoms with Crippen molar-refractivity contribution in [3.8, 4) is 5.75 Å². The zero-order chi connectivity index (χ0) is 12.0. The number of hydrogen-bond acceptors (Lipinski definition) is 3. The number of rotatable bonds is 5. The monoisotopic (exact) mass is 243 g/mol.